The lowest BCUT2D eigenvalue weighted by Crippen LogP contribution is -2.37. The number of anilines is 1. The summed E-state index contributed by atoms with van der Waals surface area (Å²) in [7, 11) is 3.91. The molecule has 1 N–H and O–H groups in total. The van der Waals surface area contributed by atoms with Crippen molar-refractivity contribution in [2.45, 2.75) is 12.6 Å². The van der Waals surface area contributed by atoms with E-state index in [1.54, 1.807) is 18.2 Å². The number of hydrogen-bond acceptors (Lipinski definition) is 5. The van der Waals surface area contributed by atoms with E-state index in [-0.39, 0.29) is 13.1 Å². The number of amides is 2. The summed E-state index contributed by atoms with van der Waals surface area (Å²) in [5, 5.41) is 13.6. The number of imide groups is 1. The molecule has 0 saturated carbocycles. The SMILES string of the molecule is CN(C)c1ccc(/C=C2\SC(=O)N(C[C@@H](O)Cn3c4ccc(Cl)cc4c4cc(Cl)ccc43)C2=O)cc1. The fraction of sp³-hybridized carbons (Fsp3) is 0.185. The molecule has 1 saturated heterocycles. The molecule has 0 spiro atoms. The highest BCUT2D eigenvalue weighted by molar-refractivity contribution is 8.18. The van der Waals surface area contributed by atoms with Crippen LogP contribution in [0.5, 0.6) is 0 Å². The maximum absolute atomic E-state index is 13.0. The van der Waals surface area contributed by atoms with Gasteiger partial charge in [0, 0.05) is 51.6 Å². The van der Waals surface area contributed by atoms with Crippen molar-refractivity contribution in [2.75, 3.05) is 25.5 Å². The molecule has 1 atom stereocenters. The van der Waals surface area contributed by atoms with Crippen LogP contribution >= 0.6 is 35.0 Å². The van der Waals surface area contributed by atoms with Crippen molar-refractivity contribution < 1.29 is 14.7 Å². The fourth-order valence-corrected chi connectivity index (χ4v) is 5.59. The molecule has 6 nitrogen and oxygen atoms in total. The molecule has 9 heteroatoms. The second-order valence-corrected chi connectivity index (χ2v) is 10.7. The lowest BCUT2D eigenvalue weighted by molar-refractivity contribution is -0.123. The van der Waals surface area contributed by atoms with Crippen molar-refractivity contribution in [3.05, 3.63) is 81.2 Å². The third-order valence-electron chi connectivity index (χ3n) is 6.16. The van der Waals surface area contributed by atoms with Gasteiger partial charge in [0.2, 0.25) is 0 Å². The van der Waals surface area contributed by atoms with Gasteiger partial charge >= 0.3 is 0 Å². The van der Waals surface area contributed by atoms with Crippen LogP contribution < -0.4 is 4.90 Å². The smallest absolute Gasteiger partial charge is 0.293 e. The van der Waals surface area contributed by atoms with Crippen LogP contribution in [0.25, 0.3) is 27.9 Å². The van der Waals surface area contributed by atoms with Crippen molar-refractivity contribution in [1.29, 1.82) is 0 Å². The first-order valence-electron chi connectivity index (χ1n) is 11.3. The molecule has 0 aliphatic carbocycles. The Bertz CT molecular complexity index is 1470. The Hall–Kier alpha value is -2.97. The summed E-state index contributed by atoms with van der Waals surface area (Å²) in [4.78, 5) is 29.1. The molecule has 1 aliphatic heterocycles. The standard InChI is InChI=1S/C27H23Cl2N3O3S/c1-30(2)19-7-3-16(4-8-19)11-25-26(34)32(27(35)36-25)15-20(33)14-31-23-9-5-17(28)12-21(23)22-13-18(29)6-10-24(22)31/h3-13,20,33H,14-15H2,1-2H3/b25-11-/t20-/m0/s1. The summed E-state index contributed by atoms with van der Waals surface area (Å²) in [5.41, 5.74) is 3.63. The molecule has 3 aromatic carbocycles. The van der Waals surface area contributed by atoms with Crippen LogP contribution in [0, 0.1) is 0 Å². The molecule has 1 aromatic heterocycles. The zero-order valence-corrected chi connectivity index (χ0v) is 21.9. The van der Waals surface area contributed by atoms with Gasteiger partial charge in [-0.3, -0.25) is 14.5 Å². The summed E-state index contributed by atoms with van der Waals surface area (Å²) in [6, 6.07) is 18.8. The van der Waals surface area contributed by atoms with Crippen molar-refractivity contribution in [3.8, 4) is 0 Å². The number of aliphatic hydroxyl groups is 1. The second-order valence-electron chi connectivity index (χ2n) is 8.87. The number of aromatic nitrogens is 1. The highest BCUT2D eigenvalue weighted by atomic mass is 35.5. The quantitative estimate of drug-likeness (QED) is 0.292. The molecular weight excluding hydrogens is 517 g/mol. The molecule has 5 rings (SSSR count). The van der Waals surface area contributed by atoms with Crippen LogP contribution in [-0.4, -0.2) is 52.5 Å². The Kier molecular flexibility index (Phi) is 6.74. The summed E-state index contributed by atoms with van der Waals surface area (Å²) >= 11 is 13.3. The monoisotopic (exact) mass is 539 g/mol. The number of benzene rings is 3. The topological polar surface area (TPSA) is 65.8 Å². The average Bonchev–Trinajstić information content (AvgIpc) is 3.27. The van der Waals surface area contributed by atoms with Crippen LogP contribution in [0.4, 0.5) is 10.5 Å². The highest BCUT2D eigenvalue weighted by Crippen LogP contribution is 2.35. The van der Waals surface area contributed by atoms with E-state index in [4.69, 9.17) is 23.2 Å². The Morgan fingerprint density at radius 2 is 1.50 bits per heavy atom. The summed E-state index contributed by atoms with van der Waals surface area (Å²) < 4.78 is 1.96. The Morgan fingerprint density at radius 1 is 0.917 bits per heavy atom. The largest absolute Gasteiger partial charge is 0.389 e. The zero-order chi connectivity index (χ0) is 25.6. The summed E-state index contributed by atoms with van der Waals surface area (Å²) in [6.07, 6.45) is 0.736. The molecule has 1 fully saturated rings. The highest BCUT2D eigenvalue weighted by Gasteiger charge is 2.36. The number of nitrogens with zero attached hydrogens (tertiary/aromatic N) is 3. The van der Waals surface area contributed by atoms with Crippen molar-refractivity contribution in [3.63, 3.8) is 0 Å². The first-order chi connectivity index (χ1) is 17.2. The Balaban J connectivity index is 1.37. The van der Waals surface area contributed by atoms with Gasteiger partial charge in [-0.25, -0.2) is 0 Å². The molecule has 184 valence electrons. The second kappa shape index (κ2) is 9.82. The predicted octanol–water partition coefficient (Wildman–Crippen LogP) is 6.26. The third kappa shape index (κ3) is 4.72. The maximum atomic E-state index is 13.0. The van der Waals surface area contributed by atoms with E-state index < -0.39 is 17.3 Å². The zero-order valence-electron chi connectivity index (χ0n) is 19.6. The summed E-state index contributed by atoms with van der Waals surface area (Å²) in [5.74, 6) is -0.401. The van der Waals surface area contributed by atoms with E-state index in [0.717, 1.165) is 49.7 Å². The number of halogens is 2. The average molecular weight is 540 g/mol. The molecule has 0 bridgehead atoms. The number of carbonyl (C=O) groups is 2. The van der Waals surface area contributed by atoms with Crippen molar-refractivity contribution in [1.82, 2.24) is 9.47 Å². The molecule has 1 aliphatic rings. The van der Waals surface area contributed by atoms with Gasteiger partial charge in [-0.1, -0.05) is 35.3 Å². The Labute approximate surface area is 222 Å². The molecule has 36 heavy (non-hydrogen) atoms. The normalized spacial score (nSPS) is 16.0. The number of fused-ring (bicyclic) bond motifs is 3. The van der Waals surface area contributed by atoms with E-state index in [9.17, 15) is 14.7 Å². The summed E-state index contributed by atoms with van der Waals surface area (Å²) in [6.45, 7) is 0.0833. The fourth-order valence-electron chi connectivity index (χ4n) is 4.40. The van der Waals surface area contributed by atoms with E-state index in [1.807, 2.05) is 72.1 Å². The van der Waals surface area contributed by atoms with Gasteiger partial charge < -0.3 is 14.6 Å². The van der Waals surface area contributed by atoms with E-state index in [1.165, 1.54) is 0 Å². The van der Waals surface area contributed by atoms with Gasteiger partial charge in [-0.05, 0) is 71.9 Å². The lowest BCUT2D eigenvalue weighted by atomic mass is 10.1. The lowest BCUT2D eigenvalue weighted by Gasteiger charge is -2.19. The van der Waals surface area contributed by atoms with Gasteiger partial charge in [0.25, 0.3) is 11.1 Å². The first kappa shape index (κ1) is 24.7. The molecule has 0 unspecified atom stereocenters. The van der Waals surface area contributed by atoms with Gasteiger partial charge in [0.1, 0.15) is 0 Å². The minimum absolute atomic E-state index is 0.107. The number of rotatable bonds is 6. The van der Waals surface area contributed by atoms with Crippen LogP contribution in [0.2, 0.25) is 10.0 Å². The van der Waals surface area contributed by atoms with Gasteiger partial charge in [0.05, 0.1) is 24.1 Å². The third-order valence-corrected chi connectivity index (χ3v) is 7.53. The number of hydrogen-bond donors (Lipinski definition) is 1. The number of thioether (sulfide) groups is 1. The van der Waals surface area contributed by atoms with E-state index in [0.29, 0.717) is 15.0 Å². The molecule has 2 heterocycles. The van der Waals surface area contributed by atoms with Gasteiger partial charge in [0.15, 0.2) is 0 Å². The first-order valence-corrected chi connectivity index (χ1v) is 12.9. The van der Waals surface area contributed by atoms with Crippen LogP contribution in [0.3, 0.4) is 0 Å². The van der Waals surface area contributed by atoms with Crippen molar-refractivity contribution >= 4 is 79.7 Å². The maximum Gasteiger partial charge on any atom is 0.293 e. The van der Waals surface area contributed by atoms with Crippen molar-refractivity contribution in [2.24, 2.45) is 0 Å². The minimum atomic E-state index is -0.970. The molecule has 2 amide bonds. The van der Waals surface area contributed by atoms with Crippen LogP contribution in [-0.2, 0) is 11.3 Å². The van der Waals surface area contributed by atoms with Gasteiger partial charge in [-0.15, -0.1) is 0 Å². The van der Waals surface area contributed by atoms with Crippen LogP contribution in [0.1, 0.15) is 5.56 Å². The number of β-amino-alcohol motifs (C(OH)–C–C–N with tert-alkyl or cyclic N) is 1. The van der Waals surface area contributed by atoms with Crippen LogP contribution in [0.15, 0.2) is 65.6 Å². The van der Waals surface area contributed by atoms with E-state index in [2.05, 4.69) is 0 Å². The molecule has 4 aromatic rings. The number of carbonyl (C=O) groups excluding carboxylic acids is 2. The molecular formula is C27H23Cl2N3O3S. The minimum Gasteiger partial charge on any atom is -0.389 e. The van der Waals surface area contributed by atoms with Gasteiger partial charge in [-0.2, -0.15) is 0 Å². The number of aliphatic hydroxyl groups excluding tert-OH is 1. The Morgan fingerprint density at radius 3 is 2.06 bits per heavy atom. The molecule has 0 radical (unpaired) electrons. The van der Waals surface area contributed by atoms with E-state index >= 15 is 0 Å². The predicted molar refractivity (Wildman–Crippen MR) is 149 cm³/mol.